The van der Waals surface area contributed by atoms with Gasteiger partial charge in [-0.25, -0.2) is 9.59 Å². The van der Waals surface area contributed by atoms with Crippen molar-refractivity contribution in [1.82, 2.24) is 4.57 Å². The number of carbonyl (C=O) groups is 3. The van der Waals surface area contributed by atoms with Gasteiger partial charge in [-0.05, 0) is 48.7 Å². The van der Waals surface area contributed by atoms with Crippen LogP contribution in [-0.2, 0) is 20.8 Å². The van der Waals surface area contributed by atoms with Gasteiger partial charge in [-0.15, -0.1) is 11.3 Å². The first kappa shape index (κ1) is 18.7. The Morgan fingerprint density at radius 1 is 1.11 bits per heavy atom. The SMILES string of the molecule is CCOC(=O)c1ccc(NC(=O)Cn2c(C(=O)OC)cc3ccsc32)cc1. The fourth-order valence-electron chi connectivity index (χ4n) is 2.65. The number of nitrogens with one attached hydrogen (secondary N) is 1. The predicted octanol–water partition coefficient (Wildman–Crippen LogP) is 3.30. The number of hydrogen-bond donors (Lipinski definition) is 1. The van der Waals surface area contributed by atoms with E-state index in [2.05, 4.69) is 5.32 Å². The van der Waals surface area contributed by atoms with Crippen molar-refractivity contribution in [3.8, 4) is 0 Å². The van der Waals surface area contributed by atoms with Gasteiger partial charge in [-0.3, -0.25) is 4.79 Å². The number of amides is 1. The lowest BCUT2D eigenvalue weighted by molar-refractivity contribution is -0.116. The van der Waals surface area contributed by atoms with Crippen molar-refractivity contribution in [1.29, 1.82) is 0 Å². The quantitative estimate of drug-likeness (QED) is 0.657. The van der Waals surface area contributed by atoms with Gasteiger partial charge in [0.05, 0.1) is 19.3 Å². The van der Waals surface area contributed by atoms with Gasteiger partial charge in [0.2, 0.25) is 5.91 Å². The number of ether oxygens (including phenoxy) is 2. The molecule has 0 bridgehead atoms. The lowest BCUT2D eigenvalue weighted by Crippen LogP contribution is -2.21. The van der Waals surface area contributed by atoms with Crippen LogP contribution >= 0.6 is 11.3 Å². The highest BCUT2D eigenvalue weighted by Gasteiger charge is 2.19. The molecule has 2 heterocycles. The van der Waals surface area contributed by atoms with Crippen molar-refractivity contribution in [3.63, 3.8) is 0 Å². The third kappa shape index (κ3) is 4.01. The van der Waals surface area contributed by atoms with Crippen LogP contribution in [0.15, 0.2) is 41.8 Å². The van der Waals surface area contributed by atoms with E-state index < -0.39 is 11.9 Å². The third-order valence-electron chi connectivity index (χ3n) is 3.88. The van der Waals surface area contributed by atoms with E-state index in [1.165, 1.54) is 18.4 Å². The summed E-state index contributed by atoms with van der Waals surface area (Å²) >= 11 is 1.44. The monoisotopic (exact) mass is 386 g/mol. The van der Waals surface area contributed by atoms with Crippen molar-refractivity contribution in [2.75, 3.05) is 19.0 Å². The summed E-state index contributed by atoms with van der Waals surface area (Å²) in [5, 5.41) is 5.54. The van der Waals surface area contributed by atoms with Crippen LogP contribution in [0.25, 0.3) is 10.2 Å². The minimum atomic E-state index is -0.495. The number of nitrogens with zero attached hydrogens (tertiary/aromatic N) is 1. The fraction of sp³-hybridized carbons (Fsp3) is 0.211. The van der Waals surface area contributed by atoms with Crippen molar-refractivity contribution in [2.45, 2.75) is 13.5 Å². The molecule has 1 amide bonds. The minimum absolute atomic E-state index is 0.0337. The first-order valence-electron chi connectivity index (χ1n) is 8.25. The van der Waals surface area contributed by atoms with Crippen LogP contribution in [0.2, 0.25) is 0 Å². The van der Waals surface area contributed by atoms with Crippen molar-refractivity contribution in [2.24, 2.45) is 0 Å². The second-order valence-electron chi connectivity index (χ2n) is 5.63. The third-order valence-corrected chi connectivity index (χ3v) is 4.83. The standard InChI is InChI=1S/C19H18N2O5S/c1-3-26-18(23)12-4-6-14(7-5-12)20-16(22)11-21-15(19(24)25-2)10-13-8-9-27-17(13)21/h4-10H,3,11H2,1-2H3,(H,20,22). The number of anilines is 1. The zero-order valence-electron chi connectivity index (χ0n) is 14.9. The average Bonchev–Trinajstić information content (AvgIpc) is 3.24. The van der Waals surface area contributed by atoms with Crippen LogP contribution in [0.4, 0.5) is 5.69 Å². The van der Waals surface area contributed by atoms with Crippen LogP contribution in [0.1, 0.15) is 27.8 Å². The summed E-state index contributed by atoms with van der Waals surface area (Å²) < 4.78 is 11.4. The van der Waals surface area contributed by atoms with Gasteiger partial charge in [0.1, 0.15) is 17.1 Å². The highest BCUT2D eigenvalue weighted by atomic mass is 32.1. The summed E-state index contributed by atoms with van der Waals surface area (Å²) in [5.41, 5.74) is 1.28. The Bertz CT molecular complexity index is 987. The first-order valence-corrected chi connectivity index (χ1v) is 9.13. The number of benzene rings is 1. The zero-order chi connectivity index (χ0) is 19.4. The molecule has 0 saturated heterocycles. The largest absolute Gasteiger partial charge is 0.464 e. The lowest BCUT2D eigenvalue weighted by atomic mass is 10.2. The van der Waals surface area contributed by atoms with Crippen LogP contribution < -0.4 is 5.32 Å². The van der Waals surface area contributed by atoms with E-state index in [1.807, 2.05) is 11.4 Å². The molecule has 8 heteroatoms. The van der Waals surface area contributed by atoms with E-state index in [-0.39, 0.29) is 12.5 Å². The van der Waals surface area contributed by atoms with Crippen molar-refractivity contribution in [3.05, 3.63) is 53.0 Å². The fourth-order valence-corrected chi connectivity index (χ4v) is 3.55. The molecule has 0 aliphatic carbocycles. The summed E-state index contributed by atoms with van der Waals surface area (Å²) in [7, 11) is 1.30. The molecule has 1 N–H and O–H groups in total. The van der Waals surface area contributed by atoms with Crippen LogP contribution in [-0.4, -0.2) is 36.1 Å². The molecular formula is C19H18N2O5S. The Morgan fingerprint density at radius 3 is 2.52 bits per heavy atom. The number of methoxy groups -OCH3 is 1. The predicted molar refractivity (Wildman–Crippen MR) is 102 cm³/mol. The smallest absolute Gasteiger partial charge is 0.354 e. The van der Waals surface area contributed by atoms with Crippen molar-refractivity contribution < 1.29 is 23.9 Å². The number of rotatable bonds is 6. The maximum Gasteiger partial charge on any atom is 0.354 e. The molecule has 0 aliphatic heterocycles. The summed E-state index contributed by atoms with van der Waals surface area (Å²) in [4.78, 5) is 36.9. The molecule has 0 radical (unpaired) electrons. The second-order valence-corrected chi connectivity index (χ2v) is 6.53. The zero-order valence-corrected chi connectivity index (χ0v) is 15.7. The number of hydrogen-bond acceptors (Lipinski definition) is 6. The highest BCUT2D eigenvalue weighted by molar-refractivity contribution is 7.16. The Hall–Kier alpha value is -3.13. The Kier molecular flexibility index (Phi) is 5.56. The van der Waals surface area contributed by atoms with Crippen LogP contribution in [0.5, 0.6) is 0 Å². The number of thiophene rings is 1. The molecule has 27 heavy (non-hydrogen) atoms. The summed E-state index contributed by atoms with van der Waals surface area (Å²) in [6.07, 6.45) is 0. The molecule has 0 spiro atoms. The number of esters is 2. The van der Waals surface area contributed by atoms with E-state index in [4.69, 9.17) is 9.47 Å². The summed E-state index contributed by atoms with van der Waals surface area (Å²) in [6, 6.07) is 10.0. The molecule has 3 aromatic rings. The highest BCUT2D eigenvalue weighted by Crippen LogP contribution is 2.26. The normalized spacial score (nSPS) is 10.6. The van der Waals surface area contributed by atoms with Gasteiger partial charge in [0.25, 0.3) is 0 Å². The molecule has 3 rings (SSSR count). The van der Waals surface area contributed by atoms with Crippen LogP contribution in [0, 0.1) is 0 Å². The molecule has 0 fully saturated rings. The number of aromatic nitrogens is 1. The Balaban J connectivity index is 1.74. The molecule has 0 saturated carbocycles. The molecule has 0 aliphatic rings. The maximum atomic E-state index is 12.5. The van der Waals surface area contributed by atoms with Gasteiger partial charge in [-0.2, -0.15) is 0 Å². The number of carbonyl (C=O) groups excluding carboxylic acids is 3. The summed E-state index contributed by atoms with van der Waals surface area (Å²) in [5.74, 6) is -1.20. The molecular weight excluding hydrogens is 368 g/mol. The summed E-state index contributed by atoms with van der Waals surface area (Å²) in [6.45, 7) is 2.00. The van der Waals surface area contributed by atoms with Gasteiger partial charge in [-0.1, -0.05) is 0 Å². The van der Waals surface area contributed by atoms with Gasteiger partial charge < -0.3 is 19.4 Å². The van der Waals surface area contributed by atoms with E-state index in [1.54, 1.807) is 41.8 Å². The van der Waals surface area contributed by atoms with E-state index in [0.29, 0.717) is 23.6 Å². The maximum absolute atomic E-state index is 12.5. The Labute approximate surface area is 159 Å². The molecule has 7 nitrogen and oxygen atoms in total. The molecule has 0 unspecified atom stereocenters. The molecule has 0 atom stereocenters. The van der Waals surface area contributed by atoms with E-state index >= 15 is 0 Å². The van der Waals surface area contributed by atoms with Gasteiger partial charge in [0, 0.05) is 11.1 Å². The topological polar surface area (TPSA) is 86.6 Å². The first-order chi connectivity index (χ1) is 13.0. The average molecular weight is 386 g/mol. The van der Waals surface area contributed by atoms with E-state index in [9.17, 15) is 14.4 Å². The lowest BCUT2D eigenvalue weighted by Gasteiger charge is -2.10. The van der Waals surface area contributed by atoms with Gasteiger partial charge in [0.15, 0.2) is 0 Å². The number of fused-ring (bicyclic) bond motifs is 1. The Morgan fingerprint density at radius 2 is 1.85 bits per heavy atom. The molecule has 2 aromatic heterocycles. The second kappa shape index (κ2) is 8.05. The van der Waals surface area contributed by atoms with E-state index in [0.717, 1.165) is 10.2 Å². The van der Waals surface area contributed by atoms with Crippen molar-refractivity contribution >= 4 is 45.1 Å². The minimum Gasteiger partial charge on any atom is -0.464 e. The molecule has 1 aromatic carbocycles. The molecule has 140 valence electrons. The van der Waals surface area contributed by atoms with Gasteiger partial charge >= 0.3 is 11.9 Å². The van der Waals surface area contributed by atoms with Crippen LogP contribution in [0.3, 0.4) is 0 Å².